The van der Waals surface area contributed by atoms with Crippen LogP contribution in [0.5, 0.6) is 0 Å². The molecule has 1 nitrogen and oxygen atoms in total. The molecule has 0 aromatic heterocycles. The van der Waals surface area contributed by atoms with E-state index in [0.717, 1.165) is 16.7 Å². The number of benzene rings is 2. The Labute approximate surface area is 117 Å². The molecule has 19 heavy (non-hydrogen) atoms. The smallest absolute Gasteiger partial charge is 0.129 e. The molecule has 0 radical (unpaired) electrons. The Morgan fingerprint density at radius 3 is 2.32 bits per heavy atom. The van der Waals surface area contributed by atoms with Gasteiger partial charge in [0.15, 0.2) is 0 Å². The second-order valence-electron chi connectivity index (χ2n) is 4.89. The van der Waals surface area contributed by atoms with E-state index >= 15 is 0 Å². The number of aryl methyl sites for hydroxylation is 3. The number of aliphatic hydroxyl groups is 1. The molecule has 100 valence electrons. The van der Waals surface area contributed by atoms with Crippen molar-refractivity contribution in [2.75, 3.05) is 0 Å². The van der Waals surface area contributed by atoms with E-state index in [1.165, 1.54) is 6.07 Å². The predicted octanol–water partition coefficient (Wildman–Crippen LogP) is 4.49. The van der Waals surface area contributed by atoms with E-state index in [0.29, 0.717) is 10.6 Å². The quantitative estimate of drug-likeness (QED) is 0.858. The van der Waals surface area contributed by atoms with E-state index in [-0.39, 0.29) is 11.4 Å². The minimum Gasteiger partial charge on any atom is -0.384 e. The van der Waals surface area contributed by atoms with Crippen molar-refractivity contribution in [3.63, 3.8) is 0 Å². The summed E-state index contributed by atoms with van der Waals surface area (Å²) in [5.74, 6) is -0.389. The molecule has 0 saturated heterocycles. The monoisotopic (exact) mass is 278 g/mol. The van der Waals surface area contributed by atoms with Crippen molar-refractivity contribution >= 4 is 11.6 Å². The van der Waals surface area contributed by atoms with Gasteiger partial charge in [-0.05, 0) is 55.2 Å². The Kier molecular flexibility index (Phi) is 3.93. The lowest BCUT2D eigenvalue weighted by atomic mass is 9.95. The van der Waals surface area contributed by atoms with Crippen molar-refractivity contribution < 1.29 is 9.50 Å². The van der Waals surface area contributed by atoms with Gasteiger partial charge in [0.2, 0.25) is 0 Å². The zero-order chi connectivity index (χ0) is 14.2. The van der Waals surface area contributed by atoms with Gasteiger partial charge in [-0.2, -0.15) is 0 Å². The van der Waals surface area contributed by atoms with Crippen LogP contribution in [0.3, 0.4) is 0 Å². The van der Waals surface area contributed by atoms with Gasteiger partial charge in [-0.1, -0.05) is 29.8 Å². The summed E-state index contributed by atoms with van der Waals surface area (Å²) in [4.78, 5) is 0. The summed E-state index contributed by atoms with van der Waals surface area (Å²) in [6.45, 7) is 5.54. The molecule has 2 rings (SSSR count). The van der Waals surface area contributed by atoms with E-state index in [4.69, 9.17) is 11.6 Å². The van der Waals surface area contributed by atoms with Crippen molar-refractivity contribution in [3.05, 3.63) is 69.0 Å². The van der Waals surface area contributed by atoms with Gasteiger partial charge < -0.3 is 5.11 Å². The molecule has 0 saturated carbocycles. The molecule has 0 fully saturated rings. The molecule has 1 unspecified atom stereocenters. The van der Waals surface area contributed by atoms with Gasteiger partial charge >= 0.3 is 0 Å². The first-order valence-corrected chi connectivity index (χ1v) is 6.48. The maximum atomic E-state index is 13.9. The van der Waals surface area contributed by atoms with Crippen LogP contribution >= 0.6 is 11.6 Å². The fourth-order valence-electron chi connectivity index (χ4n) is 2.12. The number of aliphatic hydroxyl groups excluding tert-OH is 1. The van der Waals surface area contributed by atoms with Gasteiger partial charge in [0.25, 0.3) is 0 Å². The number of rotatable bonds is 2. The number of halogens is 2. The van der Waals surface area contributed by atoms with Crippen LogP contribution in [-0.4, -0.2) is 5.11 Å². The van der Waals surface area contributed by atoms with Crippen LogP contribution in [0.2, 0.25) is 5.02 Å². The maximum absolute atomic E-state index is 13.9. The fourth-order valence-corrected chi connectivity index (χ4v) is 2.34. The minimum atomic E-state index is -0.975. The third kappa shape index (κ3) is 2.80. The van der Waals surface area contributed by atoms with E-state index in [1.807, 2.05) is 26.8 Å². The summed E-state index contributed by atoms with van der Waals surface area (Å²) in [6.07, 6.45) is -0.975. The predicted molar refractivity (Wildman–Crippen MR) is 76.1 cm³/mol. The van der Waals surface area contributed by atoms with Gasteiger partial charge in [0, 0.05) is 10.6 Å². The molecule has 0 amide bonds. The average molecular weight is 279 g/mol. The summed E-state index contributed by atoms with van der Waals surface area (Å²) < 4.78 is 13.9. The Morgan fingerprint density at radius 1 is 1.00 bits per heavy atom. The molecule has 0 aliphatic rings. The van der Waals surface area contributed by atoms with E-state index in [1.54, 1.807) is 18.2 Å². The molecule has 2 aromatic carbocycles. The average Bonchev–Trinajstić information content (AvgIpc) is 2.33. The molecule has 3 heteroatoms. The van der Waals surface area contributed by atoms with Crippen molar-refractivity contribution in [1.29, 1.82) is 0 Å². The summed E-state index contributed by atoms with van der Waals surface area (Å²) in [5, 5.41) is 11.0. The third-order valence-electron chi connectivity index (χ3n) is 3.29. The molecule has 0 heterocycles. The zero-order valence-corrected chi connectivity index (χ0v) is 11.9. The first kappa shape index (κ1) is 14.0. The van der Waals surface area contributed by atoms with Crippen LogP contribution in [0.15, 0.2) is 30.3 Å². The second kappa shape index (κ2) is 5.32. The topological polar surface area (TPSA) is 20.2 Å². The molecule has 0 aliphatic heterocycles. The highest BCUT2D eigenvalue weighted by Gasteiger charge is 2.17. The molecular formula is C16H16ClFO. The van der Waals surface area contributed by atoms with Crippen LogP contribution in [0.25, 0.3) is 0 Å². The fraction of sp³-hybridized carbons (Fsp3) is 0.250. The highest BCUT2D eigenvalue weighted by molar-refractivity contribution is 6.31. The Morgan fingerprint density at radius 2 is 1.68 bits per heavy atom. The molecule has 0 spiro atoms. The van der Waals surface area contributed by atoms with E-state index in [2.05, 4.69) is 0 Å². The molecule has 1 N–H and O–H groups in total. The summed E-state index contributed by atoms with van der Waals surface area (Å²) >= 11 is 6.03. The Balaban J connectivity index is 2.49. The van der Waals surface area contributed by atoms with Crippen LogP contribution in [0.1, 0.15) is 33.9 Å². The minimum absolute atomic E-state index is 0.287. The largest absolute Gasteiger partial charge is 0.384 e. The van der Waals surface area contributed by atoms with Crippen LogP contribution in [0, 0.1) is 26.6 Å². The van der Waals surface area contributed by atoms with Gasteiger partial charge in [-0.25, -0.2) is 4.39 Å². The van der Waals surface area contributed by atoms with Crippen LogP contribution in [0.4, 0.5) is 4.39 Å². The lowest BCUT2D eigenvalue weighted by molar-refractivity contribution is 0.214. The summed E-state index contributed by atoms with van der Waals surface area (Å²) in [5.41, 5.74) is 3.52. The molecule has 0 aliphatic carbocycles. The lowest BCUT2D eigenvalue weighted by Crippen LogP contribution is -2.05. The normalized spacial score (nSPS) is 12.5. The maximum Gasteiger partial charge on any atom is 0.129 e. The molecular weight excluding hydrogens is 263 g/mol. The van der Waals surface area contributed by atoms with Crippen molar-refractivity contribution in [3.8, 4) is 0 Å². The van der Waals surface area contributed by atoms with E-state index in [9.17, 15) is 9.50 Å². The molecule has 0 bridgehead atoms. The number of hydrogen-bond acceptors (Lipinski definition) is 1. The van der Waals surface area contributed by atoms with Gasteiger partial charge in [0.05, 0.1) is 0 Å². The summed E-state index contributed by atoms with van der Waals surface area (Å²) in [6, 6.07) is 8.44. The highest BCUT2D eigenvalue weighted by Crippen LogP contribution is 2.30. The van der Waals surface area contributed by atoms with Crippen molar-refractivity contribution in [1.82, 2.24) is 0 Å². The summed E-state index contributed by atoms with van der Waals surface area (Å²) in [7, 11) is 0. The Bertz CT molecular complexity index is 622. The Hall–Kier alpha value is -1.38. The van der Waals surface area contributed by atoms with Gasteiger partial charge in [-0.3, -0.25) is 0 Å². The first-order valence-electron chi connectivity index (χ1n) is 6.11. The first-order chi connectivity index (χ1) is 8.90. The van der Waals surface area contributed by atoms with Gasteiger partial charge in [-0.15, -0.1) is 0 Å². The van der Waals surface area contributed by atoms with Crippen molar-refractivity contribution in [2.45, 2.75) is 26.9 Å². The van der Waals surface area contributed by atoms with E-state index < -0.39 is 6.10 Å². The standard InChI is InChI=1S/C16H16ClFO/c1-9-4-5-12(15(18)6-9)16(19)13-7-11(3)14(17)8-10(13)2/h4-8,16,19H,1-3H3. The molecule has 1 atom stereocenters. The lowest BCUT2D eigenvalue weighted by Gasteiger charge is -2.16. The molecule has 2 aromatic rings. The second-order valence-corrected chi connectivity index (χ2v) is 5.29. The highest BCUT2D eigenvalue weighted by atomic mass is 35.5. The number of hydrogen-bond donors (Lipinski definition) is 1. The third-order valence-corrected chi connectivity index (χ3v) is 3.70. The van der Waals surface area contributed by atoms with Crippen LogP contribution < -0.4 is 0 Å². The van der Waals surface area contributed by atoms with Gasteiger partial charge in [0.1, 0.15) is 11.9 Å². The van der Waals surface area contributed by atoms with Crippen molar-refractivity contribution in [2.24, 2.45) is 0 Å². The SMILES string of the molecule is Cc1ccc(C(O)c2cc(C)c(Cl)cc2C)c(F)c1. The van der Waals surface area contributed by atoms with Crippen LogP contribution in [-0.2, 0) is 0 Å². The zero-order valence-electron chi connectivity index (χ0n) is 11.2.